The number of rotatable bonds is 47. The van der Waals surface area contributed by atoms with Crippen molar-refractivity contribution in [2.45, 2.75) is 284 Å². The number of ether oxygens (including phenoxy) is 3. The molecule has 0 aromatic rings. The summed E-state index contributed by atoms with van der Waals surface area (Å²) in [4.78, 5) is 37.8. The maximum atomic E-state index is 12.8. The summed E-state index contributed by atoms with van der Waals surface area (Å²) in [6, 6.07) is 0. The predicted octanol–water partition coefficient (Wildman–Crippen LogP) is 16.8. The first-order valence-corrected chi connectivity index (χ1v) is 25.8. The lowest BCUT2D eigenvalue weighted by Gasteiger charge is -2.18. The summed E-state index contributed by atoms with van der Waals surface area (Å²) >= 11 is 0. The van der Waals surface area contributed by atoms with Gasteiger partial charge in [0.1, 0.15) is 13.2 Å². The van der Waals surface area contributed by atoms with Crippen LogP contribution in [-0.2, 0) is 28.6 Å². The molecular weight excluding hydrogens is 733 g/mol. The number of hydrogen-bond acceptors (Lipinski definition) is 6. The molecule has 0 bridgehead atoms. The third-order valence-corrected chi connectivity index (χ3v) is 11.5. The highest BCUT2D eigenvalue weighted by Crippen LogP contribution is 2.16. The maximum absolute atomic E-state index is 12.8. The molecule has 0 heterocycles. The second-order valence-electron chi connectivity index (χ2n) is 17.4. The summed E-state index contributed by atoms with van der Waals surface area (Å²) in [5.41, 5.74) is 0. The Labute approximate surface area is 366 Å². The highest BCUT2D eigenvalue weighted by molar-refractivity contribution is 5.71. The number of carbonyl (C=O) groups excluding carboxylic acids is 3. The van der Waals surface area contributed by atoms with Gasteiger partial charge in [-0.05, 0) is 51.4 Å². The zero-order valence-corrected chi connectivity index (χ0v) is 39.5. The Morgan fingerprint density at radius 1 is 0.339 bits per heavy atom. The number of esters is 3. The van der Waals surface area contributed by atoms with Crippen LogP contribution < -0.4 is 0 Å². The molecule has 0 spiro atoms. The SMILES string of the molecule is CCCCC/C=C\C/C=C\CCCCCCCCCCCC(=O)OC[C@@H](COC(=O)CCCCCCCCCCC)OC(=O)CCCCCCCCCCCCCCC. The van der Waals surface area contributed by atoms with Crippen LogP contribution in [0.3, 0.4) is 0 Å². The molecule has 0 aliphatic rings. The van der Waals surface area contributed by atoms with Gasteiger partial charge in [-0.3, -0.25) is 14.4 Å². The molecular formula is C53H98O6. The van der Waals surface area contributed by atoms with Crippen LogP contribution >= 0.6 is 0 Å². The lowest BCUT2D eigenvalue weighted by molar-refractivity contribution is -0.167. The topological polar surface area (TPSA) is 78.9 Å². The molecule has 0 aromatic carbocycles. The Morgan fingerprint density at radius 2 is 0.610 bits per heavy atom. The minimum absolute atomic E-state index is 0.0680. The number of allylic oxidation sites excluding steroid dienone is 4. The van der Waals surface area contributed by atoms with E-state index in [4.69, 9.17) is 14.2 Å². The van der Waals surface area contributed by atoms with Crippen molar-refractivity contribution in [3.8, 4) is 0 Å². The molecule has 0 aliphatic heterocycles. The normalized spacial score (nSPS) is 12.1. The van der Waals surface area contributed by atoms with Crippen molar-refractivity contribution >= 4 is 17.9 Å². The molecule has 1 atom stereocenters. The van der Waals surface area contributed by atoms with E-state index in [0.29, 0.717) is 19.3 Å². The molecule has 0 unspecified atom stereocenters. The van der Waals surface area contributed by atoms with E-state index in [1.807, 2.05) is 0 Å². The monoisotopic (exact) mass is 831 g/mol. The molecule has 0 radical (unpaired) electrons. The molecule has 59 heavy (non-hydrogen) atoms. The lowest BCUT2D eigenvalue weighted by atomic mass is 10.0. The van der Waals surface area contributed by atoms with E-state index in [1.54, 1.807) is 0 Å². The standard InChI is InChI=1S/C53H98O6/c1-4-7-10-13-16-19-21-23-24-25-26-27-28-30-31-34-37-40-43-46-52(55)58-49-50(48-57-51(54)45-42-39-36-33-18-15-12-9-6-3)59-53(56)47-44-41-38-35-32-29-22-20-17-14-11-8-5-2/h16,19,23-24,50H,4-15,17-18,20-22,25-49H2,1-3H3/b19-16-,24-23-/t50-/m1/s1. The zero-order valence-electron chi connectivity index (χ0n) is 39.5. The van der Waals surface area contributed by atoms with Crippen LogP contribution in [0, 0.1) is 0 Å². The summed E-state index contributed by atoms with van der Waals surface area (Å²) in [6.07, 6.45) is 54.5. The van der Waals surface area contributed by atoms with Crippen LogP contribution in [0.5, 0.6) is 0 Å². The van der Waals surface area contributed by atoms with Gasteiger partial charge >= 0.3 is 17.9 Å². The molecule has 0 fully saturated rings. The largest absolute Gasteiger partial charge is 0.462 e. The van der Waals surface area contributed by atoms with Crippen LogP contribution in [0.15, 0.2) is 24.3 Å². The van der Waals surface area contributed by atoms with Crippen LogP contribution in [0.1, 0.15) is 278 Å². The fraction of sp³-hybridized carbons (Fsp3) is 0.868. The Hall–Kier alpha value is -2.11. The van der Waals surface area contributed by atoms with Crippen molar-refractivity contribution in [3.63, 3.8) is 0 Å². The highest BCUT2D eigenvalue weighted by atomic mass is 16.6. The molecule has 0 aliphatic carbocycles. The first kappa shape index (κ1) is 56.9. The van der Waals surface area contributed by atoms with E-state index in [9.17, 15) is 14.4 Å². The number of unbranched alkanes of at least 4 members (excludes halogenated alkanes) is 32. The van der Waals surface area contributed by atoms with Gasteiger partial charge in [0, 0.05) is 19.3 Å². The van der Waals surface area contributed by atoms with Gasteiger partial charge in [0.05, 0.1) is 0 Å². The smallest absolute Gasteiger partial charge is 0.306 e. The van der Waals surface area contributed by atoms with Crippen LogP contribution in [0.2, 0.25) is 0 Å². The molecule has 0 rings (SSSR count). The van der Waals surface area contributed by atoms with Crippen molar-refractivity contribution in [2.24, 2.45) is 0 Å². The van der Waals surface area contributed by atoms with Crippen molar-refractivity contribution in [1.82, 2.24) is 0 Å². The Balaban J connectivity index is 4.26. The van der Waals surface area contributed by atoms with E-state index in [2.05, 4.69) is 45.1 Å². The summed E-state index contributed by atoms with van der Waals surface area (Å²) in [6.45, 7) is 6.61. The maximum Gasteiger partial charge on any atom is 0.306 e. The van der Waals surface area contributed by atoms with Gasteiger partial charge in [-0.25, -0.2) is 0 Å². The third-order valence-electron chi connectivity index (χ3n) is 11.5. The van der Waals surface area contributed by atoms with Gasteiger partial charge in [-0.1, -0.05) is 231 Å². The van der Waals surface area contributed by atoms with Crippen LogP contribution in [0.4, 0.5) is 0 Å². The van der Waals surface area contributed by atoms with Gasteiger partial charge in [0.15, 0.2) is 6.10 Å². The van der Waals surface area contributed by atoms with Crippen LogP contribution in [-0.4, -0.2) is 37.2 Å². The average Bonchev–Trinajstić information content (AvgIpc) is 3.23. The van der Waals surface area contributed by atoms with Gasteiger partial charge in [0.25, 0.3) is 0 Å². The van der Waals surface area contributed by atoms with Gasteiger partial charge in [0.2, 0.25) is 0 Å². The fourth-order valence-electron chi connectivity index (χ4n) is 7.53. The summed E-state index contributed by atoms with van der Waals surface area (Å²) in [7, 11) is 0. The molecule has 0 N–H and O–H groups in total. The van der Waals surface area contributed by atoms with E-state index < -0.39 is 6.10 Å². The third kappa shape index (κ3) is 46.8. The van der Waals surface area contributed by atoms with Gasteiger partial charge < -0.3 is 14.2 Å². The van der Waals surface area contributed by atoms with Gasteiger partial charge in [-0.2, -0.15) is 0 Å². The Kier molecular flexibility index (Phi) is 46.8. The summed E-state index contributed by atoms with van der Waals surface area (Å²) < 4.78 is 16.8. The van der Waals surface area contributed by atoms with E-state index in [1.165, 1.54) is 173 Å². The molecule has 0 amide bonds. The minimum Gasteiger partial charge on any atom is -0.462 e. The number of hydrogen-bond donors (Lipinski definition) is 0. The molecule has 0 saturated carbocycles. The van der Waals surface area contributed by atoms with Crippen molar-refractivity contribution < 1.29 is 28.6 Å². The molecule has 6 nitrogen and oxygen atoms in total. The molecule has 346 valence electrons. The van der Waals surface area contributed by atoms with E-state index in [-0.39, 0.29) is 31.1 Å². The molecule has 0 saturated heterocycles. The quantitative estimate of drug-likeness (QED) is 0.0263. The second-order valence-corrected chi connectivity index (χ2v) is 17.4. The van der Waals surface area contributed by atoms with Crippen LogP contribution in [0.25, 0.3) is 0 Å². The first-order chi connectivity index (χ1) is 29.0. The van der Waals surface area contributed by atoms with E-state index >= 15 is 0 Å². The van der Waals surface area contributed by atoms with E-state index in [0.717, 1.165) is 64.2 Å². The van der Waals surface area contributed by atoms with Crippen molar-refractivity contribution in [1.29, 1.82) is 0 Å². The first-order valence-electron chi connectivity index (χ1n) is 25.8. The lowest BCUT2D eigenvalue weighted by Crippen LogP contribution is -2.30. The molecule has 0 aromatic heterocycles. The van der Waals surface area contributed by atoms with Crippen molar-refractivity contribution in [2.75, 3.05) is 13.2 Å². The minimum atomic E-state index is -0.765. The predicted molar refractivity (Wildman–Crippen MR) is 252 cm³/mol. The summed E-state index contributed by atoms with van der Waals surface area (Å²) in [5.74, 6) is -0.862. The molecule has 6 heteroatoms. The summed E-state index contributed by atoms with van der Waals surface area (Å²) in [5, 5.41) is 0. The zero-order chi connectivity index (χ0) is 43.0. The highest BCUT2D eigenvalue weighted by Gasteiger charge is 2.19. The second kappa shape index (κ2) is 48.6. The average molecular weight is 831 g/mol. The van der Waals surface area contributed by atoms with Gasteiger partial charge in [-0.15, -0.1) is 0 Å². The van der Waals surface area contributed by atoms with Crippen molar-refractivity contribution in [3.05, 3.63) is 24.3 Å². The Morgan fingerprint density at radius 3 is 0.966 bits per heavy atom. The fourth-order valence-corrected chi connectivity index (χ4v) is 7.53. The number of carbonyl (C=O) groups is 3. The Bertz CT molecular complexity index is 958.